The third kappa shape index (κ3) is 2.89. The molecule has 3 aromatic carbocycles. The number of likely N-dealkylation sites (tertiary alicyclic amines) is 1. The minimum absolute atomic E-state index is 0.0202. The summed E-state index contributed by atoms with van der Waals surface area (Å²) in [5.74, 6) is -3.07. The fourth-order valence-electron chi connectivity index (χ4n) is 4.63. The molecule has 1 saturated heterocycles. The summed E-state index contributed by atoms with van der Waals surface area (Å²) in [6.07, 6.45) is -0.359. The van der Waals surface area contributed by atoms with Crippen molar-refractivity contribution >= 4 is 51.8 Å². The number of benzene rings is 3. The van der Waals surface area contributed by atoms with Gasteiger partial charge in [0.15, 0.2) is 5.41 Å². The summed E-state index contributed by atoms with van der Waals surface area (Å²) in [5, 5.41) is 11.6. The number of hydrogen-bond acceptors (Lipinski definition) is 4. The van der Waals surface area contributed by atoms with Crippen LogP contribution in [0.5, 0.6) is 0 Å². The van der Waals surface area contributed by atoms with Crippen molar-refractivity contribution in [2.24, 2.45) is 0 Å². The second-order valence-electron chi connectivity index (χ2n) is 8.00. The predicted octanol–water partition coefficient (Wildman–Crippen LogP) is 3.12. The van der Waals surface area contributed by atoms with Gasteiger partial charge in [0.2, 0.25) is 17.7 Å². The molecule has 1 fully saturated rings. The van der Waals surface area contributed by atoms with E-state index in [4.69, 9.17) is 11.6 Å². The minimum atomic E-state index is -1.79. The summed E-state index contributed by atoms with van der Waals surface area (Å²) in [6, 6.07) is 17.9. The number of amides is 3. The van der Waals surface area contributed by atoms with Gasteiger partial charge in [0, 0.05) is 16.3 Å². The first-order valence-corrected chi connectivity index (χ1v) is 10.4. The van der Waals surface area contributed by atoms with Crippen LogP contribution >= 0.6 is 11.6 Å². The van der Waals surface area contributed by atoms with E-state index in [-0.39, 0.29) is 24.2 Å². The third-order valence-electron chi connectivity index (χ3n) is 6.10. The Kier molecular flexibility index (Phi) is 4.53. The van der Waals surface area contributed by atoms with Gasteiger partial charge in [-0.3, -0.25) is 29.0 Å². The number of hydrogen-bond donors (Lipinski definition) is 1. The quantitative estimate of drug-likeness (QED) is 0.488. The number of halogens is 1. The highest BCUT2D eigenvalue weighted by Gasteiger charge is 2.63. The van der Waals surface area contributed by atoms with E-state index >= 15 is 0 Å². The molecular formula is C24H17ClN2O5. The van der Waals surface area contributed by atoms with E-state index in [9.17, 15) is 24.3 Å². The van der Waals surface area contributed by atoms with E-state index in [0.717, 1.165) is 26.1 Å². The number of rotatable bonds is 4. The summed E-state index contributed by atoms with van der Waals surface area (Å²) in [4.78, 5) is 53.4. The molecule has 0 radical (unpaired) electrons. The van der Waals surface area contributed by atoms with Crippen molar-refractivity contribution in [3.8, 4) is 0 Å². The maximum Gasteiger partial charge on any atom is 0.323 e. The number of carbonyl (C=O) groups excluding carboxylic acids is 3. The van der Waals surface area contributed by atoms with Crippen LogP contribution in [-0.2, 0) is 31.1 Å². The molecule has 0 aromatic heterocycles. The van der Waals surface area contributed by atoms with E-state index in [2.05, 4.69) is 0 Å². The number of aliphatic carboxylic acids is 1. The van der Waals surface area contributed by atoms with Crippen molar-refractivity contribution in [3.63, 3.8) is 0 Å². The molecular weight excluding hydrogens is 432 g/mol. The third-order valence-corrected chi connectivity index (χ3v) is 6.33. The molecule has 2 aliphatic heterocycles. The first kappa shape index (κ1) is 20.2. The predicted molar refractivity (Wildman–Crippen MR) is 117 cm³/mol. The van der Waals surface area contributed by atoms with Gasteiger partial charge in [-0.25, -0.2) is 0 Å². The summed E-state index contributed by atoms with van der Waals surface area (Å²) in [6.45, 7) is -0.590. The number of carbonyl (C=O) groups is 4. The molecule has 1 atom stereocenters. The van der Waals surface area contributed by atoms with Gasteiger partial charge in [-0.15, -0.1) is 0 Å². The van der Waals surface area contributed by atoms with Gasteiger partial charge in [0.25, 0.3) is 0 Å². The van der Waals surface area contributed by atoms with Crippen molar-refractivity contribution in [2.75, 3.05) is 11.4 Å². The summed E-state index contributed by atoms with van der Waals surface area (Å²) in [7, 11) is 0. The van der Waals surface area contributed by atoms with Gasteiger partial charge in [0.05, 0.1) is 13.0 Å². The lowest BCUT2D eigenvalue weighted by Gasteiger charge is -2.22. The summed E-state index contributed by atoms with van der Waals surface area (Å²) in [5.41, 5.74) is -0.475. The minimum Gasteiger partial charge on any atom is -0.480 e. The zero-order chi connectivity index (χ0) is 22.6. The molecule has 0 saturated carbocycles. The van der Waals surface area contributed by atoms with Gasteiger partial charge >= 0.3 is 5.97 Å². The van der Waals surface area contributed by atoms with Crippen molar-refractivity contribution in [1.29, 1.82) is 0 Å². The molecule has 0 aliphatic carbocycles. The van der Waals surface area contributed by atoms with Crippen LogP contribution in [0.15, 0.2) is 60.7 Å². The van der Waals surface area contributed by atoms with Crippen LogP contribution in [0.1, 0.15) is 17.5 Å². The fourth-order valence-corrected chi connectivity index (χ4v) is 4.80. The van der Waals surface area contributed by atoms with Gasteiger partial charge < -0.3 is 5.11 Å². The standard InChI is InChI=1S/C24H17ClN2O5/c25-17-7-8-19-18(10-17)24(22(31)26(19)13-21(29)30)11-20(28)27(23(24)32)12-14-5-6-15-3-1-2-4-16(15)9-14/h1-10H,11-13H2,(H,29,30). The average molecular weight is 449 g/mol. The van der Waals surface area contributed by atoms with E-state index in [0.29, 0.717) is 5.02 Å². The Morgan fingerprint density at radius 2 is 1.66 bits per heavy atom. The molecule has 7 nitrogen and oxygen atoms in total. The Balaban J connectivity index is 1.55. The molecule has 3 amide bonds. The lowest BCUT2D eigenvalue weighted by atomic mass is 9.80. The highest BCUT2D eigenvalue weighted by atomic mass is 35.5. The van der Waals surface area contributed by atoms with Crippen molar-refractivity contribution in [1.82, 2.24) is 4.90 Å². The largest absolute Gasteiger partial charge is 0.480 e. The van der Waals surface area contributed by atoms with Crippen LogP contribution in [0.2, 0.25) is 5.02 Å². The number of fused-ring (bicyclic) bond motifs is 3. The number of carboxylic acids is 1. The van der Waals surface area contributed by atoms with Crippen LogP contribution in [0.4, 0.5) is 5.69 Å². The molecule has 32 heavy (non-hydrogen) atoms. The molecule has 2 heterocycles. The van der Waals surface area contributed by atoms with Crippen molar-refractivity contribution < 1.29 is 24.3 Å². The van der Waals surface area contributed by atoms with Crippen molar-refractivity contribution in [2.45, 2.75) is 18.4 Å². The number of anilines is 1. The van der Waals surface area contributed by atoms with Crippen LogP contribution in [-0.4, -0.2) is 40.2 Å². The first-order chi connectivity index (χ1) is 15.3. The smallest absolute Gasteiger partial charge is 0.323 e. The zero-order valence-corrected chi connectivity index (χ0v) is 17.5. The van der Waals surface area contributed by atoms with Crippen LogP contribution in [0.25, 0.3) is 10.8 Å². The second-order valence-corrected chi connectivity index (χ2v) is 8.43. The lowest BCUT2D eigenvalue weighted by Crippen LogP contribution is -2.47. The first-order valence-electron chi connectivity index (χ1n) is 9.97. The second kappa shape index (κ2) is 7.17. The maximum absolute atomic E-state index is 13.6. The molecule has 5 rings (SSSR count). The Morgan fingerprint density at radius 3 is 2.41 bits per heavy atom. The Labute approximate surface area is 187 Å². The van der Waals surface area contributed by atoms with Crippen molar-refractivity contribution in [3.05, 3.63) is 76.8 Å². The molecule has 1 spiro atoms. The molecule has 1 unspecified atom stereocenters. The highest BCUT2D eigenvalue weighted by molar-refractivity contribution is 6.32. The summed E-state index contributed by atoms with van der Waals surface area (Å²) >= 11 is 6.14. The van der Waals surface area contributed by atoms with E-state index in [1.165, 1.54) is 18.2 Å². The Hall–Kier alpha value is -3.71. The number of carboxylic acid groups (broad SMARTS) is 1. The van der Waals surface area contributed by atoms with Gasteiger partial charge in [0.1, 0.15) is 6.54 Å². The number of nitrogens with zero attached hydrogens (tertiary/aromatic N) is 2. The Bertz CT molecular complexity index is 1340. The molecule has 0 bridgehead atoms. The van der Waals surface area contributed by atoms with Crippen LogP contribution in [0.3, 0.4) is 0 Å². The molecule has 1 N–H and O–H groups in total. The molecule has 160 valence electrons. The van der Waals surface area contributed by atoms with Gasteiger partial charge in [-0.2, -0.15) is 0 Å². The molecule has 2 aliphatic rings. The van der Waals surface area contributed by atoms with Gasteiger partial charge in [-0.1, -0.05) is 48.0 Å². The fraction of sp³-hybridized carbons (Fsp3) is 0.167. The lowest BCUT2D eigenvalue weighted by molar-refractivity contribution is -0.143. The molecule has 3 aromatic rings. The average Bonchev–Trinajstić information content (AvgIpc) is 3.14. The monoisotopic (exact) mass is 448 g/mol. The maximum atomic E-state index is 13.6. The molecule has 8 heteroatoms. The summed E-state index contributed by atoms with van der Waals surface area (Å²) < 4.78 is 0. The van der Waals surface area contributed by atoms with E-state index in [1.54, 1.807) is 0 Å². The Morgan fingerprint density at radius 1 is 0.938 bits per heavy atom. The highest BCUT2D eigenvalue weighted by Crippen LogP contribution is 2.49. The zero-order valence-electron chi connectivity index (χ0n) is 16.7. The van der Waals surface area contributed by atoms with Gasteiger partial charge in [-0.05, 0) is 40.6 Å². The van der Waals surface area contributed by atoms with Crippen LogP contribution < -0.4 is 4.90 Å². The van der Waals surface area contributed by atoms with Crippen LogP contribution in [0, 0.1) is 0 Å². The normalized spacial score (nSPS) is 20.0. The topological polar surface area (TPSA) is 95.0 Å². The number of imide groups is 1. The SMILES string of the molecule is O=C(O)CN1C(=O)C2(CC(=O)N(Cc3ccc4ccccc4c3)C2=O)c2cc(Cl)ccc21. The van der Waals surface area contributed by atoms with E-state index in [1.807, 2.05) is 42.5 Å². The van der Waals surface area contributed by atoms with E-state index < -0.39 is 35.7 Å².